The first-order valence-corrected chi connectivity index (χ1v) is 8.33. The van der Waals surface area contributed by atoms with Gasteiger partial charge in [0.05, 0.1) is 0 Å². The highest BCUT2D eigenvalue weighted by atomic mass is 32.2. The molecular formula is C15H16N4OS. The Morgan fingerprint density at radius 2 is 2.14 bits per heavy atom. The fraction of sp³-hybridized carbons (Fsp3) is 0.467. The second-order valence-electron chi connectivity index (χ2n) is 5.27. The summed E-state index contributed by atoms with van der Waals surface area (Å²) in [5.74, 6) is 0. The maximum Gasteiger partial charge on any atom is 0.270 e. The summed E-state index contributed by atoms with van der Waals surface area (Å²) < 4.78 is 1.73. The molecule has 0 atom stereocenters. The number of pyridine rings is 1. The van der Waals surface area contributed by atoms with Crippen LogP contribution < -0.4 is 5.56 Å². The van der Waals surface area contributed by atoms with Crippen LogP contribution in [0.5, 0.6) is 0 Å². The van der Waals surface area contributed by atoms with Gasteiger partial charge >= 0.3 is 0 Å². The van der Waals surface area contributed by atoms with Gasteiger partial charge in [0.15, 0.2) is 5.16 Å². The number of hydrogen-bond acceptors (Lipinski definition) is 5. The van der Waals surface area contributed by atoms with E-state index in [1.165, 1.54) is 18.2 Å². The van der Waals surface area contributed by atoms with Crippen molar-refractivity contribution >= 4 is 22.8 Å². The van der Waals surface area contributed by atoms with Crippen LogP contribution in [0.15, 0.2) is 22.2 Å². The van der Waals surface area contributed by atoms with E-state index in [2.05, 4.69) is 9.97 Å². The van der Waals surface area contributed by atoms with Gasteiger partial charge in [-0.1, -0.05) is 31.0 Å². The number of aromatic nitrogens is 3. The van der Waals surface area contributed by atoms with Crippen LogP contribution in [0.4, 0.5) is 0 Å². The van der Waals surface area contributed by atoms with E-state index in [9.17, 15) is 10.1 Å². The molecule has 0 spiro atoms. The first-order chi connectivity index (χ1) is 10.2. The molecule has 0 N–H and O–H groups in total. The van der Waals surface area contributed by atoms with Crippen LogP contribution >= 0.6 is 11.8 Å². The van der Waals surface area contributed by atoms with Gasteiger partial charge in [0.1, 0.15) is 17.3 Å². The van der Waals surface area contributed by atoms with Crippen molar-refractivity contribution in [3.8, 4) is 6.07 Å². The minimum Gasteiger partial charge on any atom is -0.288 e. The van der Waals surface area contributed by atoms with Gasteiger partial charge in [-0.2, -0.15) is 5.26 Å². The average molecular weight is 300 g/mol. The van der Waals surface area contributed by atoms with E-state index in [0.29, 0.717) is 10.8 Å². The van der Waals surface area contributed by atoms with E-state index in [-0.39, 0.29) is 17.2 Å². The predicted molar refractivity (Wildman–Crippen MR) is 82.4 cm³/mol. The van der Waals surface area contributed by atoms with Crippen LogP contribution in [-0.2, 0) is 0 Å². The van der Waals surface area contributed by atoms with Crippen LogP contribution in [-0.4, -0.2) is 20.8 Å². The topological polar surface area (TPSA) is 71.6 Å². The van der Waals surface area contributed by atoms with Crippen LogP contribution in [0.25, 0.3) is 11.0 Å². The van der Waals surface area contributed by atoms with Gasteiger partial charge in [0.25, 0.3) is 5.56 Å². The Morgan fingerprint density at radius 1 is 1.38 bits per heavy atom. The third kappa shape index (κ3) is 2.54. The Bertz CT molecular complexity index is 772. The molecule has 6 heteroatoms. The fourth-order valence-corrected chi connectivity index (χ4v) is 3.30. The Hall–Kier alpha value is -1.87. The lowest BCUT2D eigenvalue weighted by atomic mass is 9.95. The highest BCUT2D eigenvalue weighted by molar-refractivity contribution is 7.98. The third-order valence-corrected chi connectivity index (χ3v) is 4.56. The van der Waals surface area contributed by atoms with E-state index in [0.717, 1.165) is 31.1 Å². The number of hydrogen-bond donors (Lipinski definition) is 0. The normalized spacial score (nSPS) is 16.0. The highest BCUT2D eigenvalue weighted by Crippen LogP contribution is 2.29. The van der Waals surface area contributed by atoms with Crippen LogP contribution in [0.3, 0.4) is 0 Å². The van der Waals surface area contributed by atoms with Crippen molar-refractivity contribution in [3.05, 3.63) is 28.2 Å². The molecular weight excluding hydrogens is 284 g/mol. The van der Waals surface area contributed by atoms with Gasteiger partial charge < -0.3 is 0 Å². The lowest BCUT2D eigenvalue weighted by Crippen LogP contribution is -2.29. The summed E-state index contributed by atoms with van der Waals surface area (Å²) >= 11 is 1.45. The number of thioether (sulfide) groups is 1. The van der Waals surface area contributed by atoms with Crippen LogP contribution in [0.2, 0.25) is 0 Å². The zero-order valence-electron chi connectivity index (χ0n) is 11.9. The maximum absolute atomic E-state index is 12.6. The lowest BCUT2D eigenvalue weighted by Gasteiger charge is -2.25. The van der Waals surface area contributed by atoms with Gasteiger partial charge in [0, 0.05) is 17.6 Å². The molecule has 0 radical (unpaired) electrons. The fourth-order valence-electron chi connectivity index (χ4n) is 2.96. The molecule has 0 saturated heterocycles. The lowest BCUT2D eigenvalue weighted by molar-refractivity contribution is 0.352. The summed E-state index contributed by atoms with van der Waals surface area (Å²) in [5, 5.41) is 10.6. The number of nitriles is 1. The molecule has 2 heterocycles. The van der Waals surface area contributed by atoms with Gasteiger partial charge in [0.2, 0.25) is 0 Å². The maximum atomic E-state index is 12.6. The molecule has 0 aromatic carbocycles. The highest BCUT2D eigenvalue weighted by Gasteiger charge is 2.21. The van der Waals surface area contributed by atoms with Crippen molar-refractivity contribution in [3.63, 3.8) is 0 Å². The van der Waals surface area contributed by atoms with Gasteiger partial charge in [-0.3, -0.25) is 9.36 Å². The van der Waals surface area contributed by atoms with Crippen molar-refractivity contribution in [2.75, 3.05) is 6.26 Å². The Labute approximate surface area is 127 Å². The number of rotatable bonds is 2. The zero-order valence-corrected chi connectivity index (χ0v) is 12.7. The zero-order chi connectivity index (χ0) is 14.8. The molecule has 0 amide bonds. The molecule has 1 fully saturated rings. The van der Waals surface area contributed by atoms with E-state index in [4.69, 9.17) is 0 Å². The first kappa shape index (κ1) is 14.1. The van der Waals surface area contributed by atoms with Crippen molar-refractivity contribution in [2.45, 2.75) is 43.3 Å². The van der Waals surface area contributed by atoms with E-state index >= 15 is 0 Å². The molecule has 108 valence electrons. The van der Waals surface area contributed by atoms with Crippen molar-refractivity contribution in [2.24, 2.45) is 0 Å². The first-order valence-electron chi connectivity index (χ1n) is 7.11. The quantitative estimate of drug-likeness (QED) is 0.630. The van der Waals surface area contributed by atoms with Crippen molar-refractivity contribution < 1.29 is 0 Å². The average Bonchev–Trinajstić information content (AvgIpc) is 2.54. The standard InChI is InChI=1S/C15H16N4OS/c1-21-15-17-9-11-7-10(8-16)14(20)19(13(11)18-15)12-5-3-2-4-6-12/h7,9,12H,2-6H2,1H3. The summed E-state index contributed by atoms with van der Waals surface area (Å²) in [5.41, 5.74) is 0.612. The largest absolute Gasteiger partial charge is 0.288 e. The Morgan fingerprint density at radius 3 is 2.81 bits per heavy atom. The molecule has 1 aliphatic rings. The molecule has 2 aromatic heterocycles. The van der Waals surface area contributed by atoms with E-state index in [1.54, 1.807) is 16.8 Å². The van der Waals surface area contributed by atoms with E-state index in [1.807, 2.05) is 12.3 Å². The smallest absolute Gasteiger partial charge is 0.270 e. The molecule has 0 aliphatic heterocycles. The molecule has 5 nitrogen and oxygen atoms in total. The summed E-state index contributed by atoms with van der Waals surface area (Å²) in [6, 6.07) is 3.74. The van der Waals surface area contributed by atoms with Crippen LogP contribution in [0, 0.1) is 11.3 Å². The second kappa shape index (κ2) is 5.86. The SMILES string of the molecule is CSc1ncc2cc(C#N)c(=O)n(C3CCCCC3)c2n1. The summed E-state index contributed by atoms with van der Waals surface area (Å²) in [6.45, 7) is 0. The molecule has 1 aliphatic carbocycles. The monoisotopic (exact) mass is 300 g/mol. The molecule has 3 rings (SSSR count). The molecule has 0 bridgehead atoms. The van der Waals surface area contributed by atoms with Gasteiger partial charge in [-0.15, -0.1) is 0 Å². The molecule has 2 aromatic rings. The van der Waals surface area contributed by atoms with Crippen molar-refractivity contribution in [1.29, 1.82) is 5.26 Å². The molecule has 1 saturated carbocycles. The Kier molecular flexibility index (Phi) is 3.93. The summed E-state index contributed by atoms with van der Waals surface area (Å²) in [6.07, 6.45) is 9.02. The molecule has 21 heavy (non-hydrogen) atoms. The minimum absolute atomic E-state index is 0.145. The van der Waals surface area contributed by atoms with Crippen molar-refractivity contribution in [1.82, 2.24) is 14.5 Å². The third-order valence-electron chi connectivity index (χ3n) is 3.99. The van der Waals surface area contributed by atoms with Gasteiger partial charge in [-0.05, 0) is 25.2 Å². The predicted octanol–water partition coefficient (Wildman–Crippen LogP) is 2.89. The number of nitrogens with zero attached hydrogens (tertiary/aromatic N) is 4. The molecule has 0 unspecified atom stereocenters. The van der Waals surface area contributed by atoms with Gasteiger partial charge in [-0.25, -0.2) is 9.97 Å². The van der Waals surface area contributed by atoms with Crippen LogP contribution in [0.1, 0.15) is 43.7 Å². The second-order valence-corrected chi connectivity index (χ2v) is 6.05. The minimum atomic E-state index is -0.220. The number of fused-ring (bicyclic) bond motifs is 1. The summed E-state index contributed by atoms with van der Waals surface area (Å²) in [4.78, 5) is 21.3. The summed E-state index contributed by atoms with van der Waals surface area (Å²) in [7, 11) is 0. The van der Waals surface area contributed by atoms with E-state index < -0.39 is 0 Å². The Balaban J connectivity index is 2.29.